The topological polar surface area (TPSA) is 77.6 Å². The average Bonchev–Trinajstić information content (AvgIpc) is 3.14. The molecule has 0 amide bonds. The Balaban J connectivity index is 1.72. The van der Waals surface area contributed by atoms with Gasteiger partial charge in [-0.2, -0.15) is 0 Å². The lowest BCUT2D eigenvalue weighted by Crippen LogP contribution is -2.14. The molecule has 0 saturated heterocycles. The van der Waals surface area contributed by atoms with Crippen LogP contribution in [0.25, 0.3) is 10.9 Å². The van der Waals surface area contributed by atoms with Crippen LogP contribution in [0.4, 0.5) is 0 Å². The SMILES string of the molecule is CCCOc1c(Br)cc(C(=O)OCC(=O)c2c[nH]c3ccccc23)cc1OC. The van der Waals surface area contributed by atoms with E-state index in [1.54, 1.807) is 12.3 Å². The van der Waals surface area contributed by atoms with E-state index in [0.717, 1.165) is 17.3 Å². The van der Waals surface area contributed by atoms with E-state index in [1.165, 1.54) is 13.2 Å². The van der Waals surface area contributed by atoms with Gasteiger partial charge in [-0.1, -0.05) is 25.1 Å². The number of aromatic amines is 1. The maximum absolute atomic E-state index is 12.5. The third-order valence-electron chi connectivity index (χ3n) is 4.14. The first-order chi connectivity index (χ1) is 13.5. The van der Waals surface area contributed by atoms with Crippen LogP contribution in [0.5, 0.6) is 11.5 Å². The molecule has 0 spiro atoms. The molecular weight excluding hydrogens is 426 g/mol. The molecule has 1 aromatic heterocycles. The van der Waals surface area contributed by atoms with Crippen molar-refractivity contribution in [2.24, 2.45) is 0 Å². The number of benzene rings is 2. The van der Waals surface area contributed by atoms with Gasteiger partial charge < -0.3 is 19.2 Å². The summed E-state index contributed by atoms with van der Waals surface area (Å²) in [5, 5.41) is 0.797. The van der Waals surface area contributed by atoms with Crippen molar-refractivity contribution in [2.45, 2.75) is 13.3 Å². The van der Waals surface area contributed by atoms with Gasteiger partial charge in [0.1, 0.15) is 0 Å². The molecule has 28 heavy (non-hydrogen) atoms. The molecule has 1 heterocycles. The minimum absolute atomic E-state index is 0.263. The van der Waals surface area contributed by atoms with Gasteiger partial charge in [0, 0.05) is 22.7 Å². The predicted octanol–water partition coefficient (Wildman–Crippen LogP) is 4.77. The Morgan fingerprint density at radius 3 is 2.71 bits per heavy atom. The fourth-order valence-corrected chi connectivity index (χ4v) is 3.33. The van der Waals surface area contributed by atoms with E-state index >= 15 is 0 Å². The minimum atomic E-state index is -0.616. The Kier molecular flexibility index (Phi) is 6.36. The lowest BCUT2D eigenvalue weighted by atomic mass is 10.1. The van der Waals surface area contributed by atoms with E-state index in [-0.39, 0.29) is 18.0 Å². The Morgan fingerprint density at radius 2 is 1.96 bits per heavy atom. The minimum Gasteiger partial charge on any atom is -0.493 e. The fraction of sp³-hybridized carbons (Fsp3) is 0.238. The Labute approximate surface area is 170 Å². The van der Waals surface area contributed by atoms with Crippen LogP contribution < -0.4 is 9.47 Å². The second-order valence-electron chi connectivity index (χ2n) is 6.09. The molecule has 0 aliphatic carbocycles. The normalized spacial score (nSPS) is 10.7. The molecule has 0 atom stereocenters. The number of halogens is 1. The summed E-state index contributed by atoms with van der Waals surface area (Å²) in [4.78, 5) is 27.9. The van der Waals surface area contributed by atoms with Crippen molar-refractivity contribution in [3.8, 4) is 11.5 Å². The number of nitrogens with one attached hydrogen (secondary N) is 1. The van der Waals surface area contributed by atoms with Crippen LogP contribution in [0.2, 0.25) is 0 Å². The summed E-state index contributed by atoms with van der Waals surface area (Å²) < 4.78 is 16.8. The van der Waals surface area contributed by atoms with Gasteiger partial charge in [0.05, 0.1) is 23.8 Å². The second kappa shape index (κ2) is 8.93. The van der Waals surface area contributed by atoms with Crippen LogP contribution in [0.3, 0.4) is 0 Å². The lowest BCUT2D eigenvalue weighted by Gasteiger charge is -2.13. The Hall–Kier alpha value is -2.80. The number of ketones is 1. The number of aromatic nitrogens is 1. The van der Waals surface area contributed by atoms with Crippen molar-refractivity contribution in [1.29, 1.82) is 0 Å². The molecule has 0 fully saturated rings. The molecule has 0 aliphatic heterocycles. The molecule has 146 valence electrons. The smallest absolute Gasteiger partial charge is 0.338 e. The van der Waals surface area contributed by atoms with Crippen molar-refractivity contribution in [1.82, 2.24) is 4.98 Å². The second-order valence-corrected chi connectivity index (χ2v) is 6.94. The molecule has 6 nitrogen and oxygen atoms in total. The summed E-state index contributed by atoms with van der Waals surface area (Å²) in [6, 6.07) is 10.6. The molecule has 1 N–H and O–H groups in total. The number of H-pyrrole nitrogens is 1. The number of methoxy groups -OCH3 is 1. The summed E-state index contributed by atoms with van der Waals surface area (Å²) in [6.45, 7) is 2.17. The molecule has 0 saturated carbocycles. The van der Waals surface area contributed by atoms with Crippen molar-refractivity contribution in [3.05, 3.63) is 58.2 Å². The number of rotatable bonds is 8. The highest BCUT2D eigenvalue weighted by Crippen LogP contribution is 2.37. The third kappa shape index (κ3) is 4.20. The predicted molar refractivity (Wildman–Crippen MR) is 109 cm³/mol. The summed E-state index contributed by atoms with van der Waals surface area (Å²) in [5.74, 6) is 0.0439. The van der Waals surface area contributed by atoms with Gasteiger partial charge in [-0.3, -0.25) is 4.79 Å². The maximum atomic E-state index is 12.5. The molecular formula is C21H20BrNO5. The van der Waals surface area contributed by atoms with Crippen molar-refractivity contribution < 1.29 is 23.8 Å². The Morgan fingerprint density at radius 1 is 1.18 bits per heavy atom. The third-order valence-corrected chi connectivity index (χ3v) is 4.73. The zero-order valence-corrected chi connectivity index (χ0v) is 17.2. The van der Waals surface area contributed by atoms with Crippen molar-refractivity contribution >= 4 is 38.6 Å². The van der Waals surface area contributed by atoms with Gasteiger partial charge in [0.15, 0.2) is 18.1 Å². The highest BCUT2D eigenvalue weighted by molar-refractivity contribution is 9.10. The maximum Gasteiger partial charge on any atom is 0.338 e. The summed E-state index contributed by atoms with van der Waals surface area (Å²) >= 11 is 3.39. The number of hydrogen-bond acceptors (Lipinski definition) is 5. The zero-order chi connectivity index (χ0) is 20.1. The number of para-hydroxylation sites is 1. The van der Waals surface area contributed by atoms with Crippen LogP contribution in [-0.4, -0.2) is 37.1 Å². The van der Waals surface area contributed by atoms with Crippen molar-refractivity contribution in [2.75, 3.05) is 20.3 Å². The first-order valence-corrected chi connectivity index (χ1v) is 9.61. The first kappa shape index (κ1) is 19.9. The first-order valence-electron chi connectivity index (χ1n) is 8.82. The quantitative estimate of drug-likeness (QED) is 0.399. The highest BCUT2D eigenvalue weighted by Gasteiger charge is 2.19. The summed E-state index contributed by atoms with van der Waals surface area (Å²) in [7, 11) is 1.50. The molecule has 0 radical (unpaired) electrons. The summed E-state index contributed by atoms with van der Waals surface area (Å²) in [6.07, 6.45) is 2.47. The molecule has 0 unspecified atom stereocenters. The molecule has 0 bridgehead atoms. The highest BCUT2D eigenvalue weighted by atomic mass is 79.9. The molecule has 3 aromatic rings. The number of esters is 1. The van der Waals surface area contributed by atoms with Gasteiger partial charge in [-0.25, -0.2) is 4.79 Å². The molecule has 0 aliphatic rings. The number of carbonyl (C=O) groups excluding carboxylic acids is 2. The van der Waals surface area contributed by atoms with Crippen LogP contribution in [0.1, 0.15) is 34.1 Å². The number of carbonyl (C=O) groups is 2. The van der Waals surface area contributed by atoms with E-state index in [9.17, 15) is 9.59 Å². The van der Waals surface area contributed by atoms with Crippen LogP contribution in [-0.2, 0) is 4.74 Å². The standard InChI is InChI=1S/C21H20BrNO5/c1-3-8-27-20-16(22)9-13(10-19(20)26-2)21(25)28-12-18(24)15-11-23-17-7-5-4-6-14(15)17/h4-7,9-11,23H,3,8,12H2,1-2H3. The molecule has 2 aromatic carbocycles. The Bertz CT molecular complexity index is 1010. The number of ether oxygens (including phenoxy) is 3. The largest absolute Gasteiger partial charge is 0.493 e. The fourth-order valence-electron chi connectivity index (χ4n) is 2.78. The number of hydrogen-bond donors (Lipinski definition) is 1. The van der Waals surface area contributed by atoms with E-state index in [2.05, 4.69) is 20.9 Å². The summed E-state index contributed by atoms with van der Waals surface area (Å²) in [5.41, 5.74) is 1.61. The van der Waals surface area contributed by atoms with Crippen LogP contribution >= 0.6 is 15.9 Å². The molecule has 7 heteroatoms. The molecule has 3 rings (SSSR count). The van der Waals surface area contributed by atoms with Gasteiger partial charge in [-0.15, -0.1) is 0 Å². The number of fused-ring (bicyclic) bond motifs is 1. The van der Waals surface area contributed by atoms with Gasteiger partial charge in [0.2, 0.25) is 5.78 Å². The number of Topliss-reactive ketones (excluding diaryl/α,β-unsaturated/α-hetero) is 1. The van der Waals surface area contributed by atoms with Gasteiger partial charge >= 0.3 is 5.97 Å². The lowest BCUT2D eigenvalue weighted by molar-refractivity contribution is 0.0474. The van der Waals surface area contributed by atoms with E-state index in [0.29, 0.717) is 28.1 Å². The van der Waals surface area contributed by atoms with Gasteiger partial charge in [-0.05, 0) is 40.5 Å². The van der Waals surface area contributed by atoms with Crippen LogP contribution in [0, 0.1) is 0 Å². The zero-order valence-electron chi connectivity index (χ0n) is 15.6. The average molecular weight is 446 g/mol. The monoisotopic (exact) mass is 445 g/mol. The van der Waals surface area contributed by atoms with Crippen molar-refractivity contribution in [3.63, 3.8) is 0 Å². The van der Waals surface area contributed by atoms with Crippen LogP contribution in [0.15, 0.2) is 47.1 Å². The van der Waals surface area contributed by atoms with E-state index in [4.69, 9.17) is 14.2 Å². The van der Waals surface area contributed by atoms with E-state index < -0.39 is 5.97 Å². The van der Waals surface area contributed by atoms with E-state index in [1.807, 2.05) is 31.2 Å². The van der Waals surface area contributed by atoms with Gasteiger partial charge in [0.25, 0.3) is 0 Å².